The molecule has 0 aromatic heterocycles. The second-order valence-corrected chi connectivity index (χ2v) is 5.11. The summed E-state index contributed by atoms with van der Waals surface area (Å²) in [6.45, 7) is 1.85. The van der Waals surface area contributed by atoms with Crippen molar-refractivity contribution in [3.63, 3.8) is 0 Å². The molecule has 1 aromatic rings. The largest absolute Gasteiger partial charge is 0.345 e. The molecular weight excluding hydrogens is 271 g/mol. The Hall–Kier alpha value is -1.62. The molecule has 1 aliphatic carbocycles. The number of halogens is 2. The average molecular weight is 285 g/mol. The van der Waals surface area contributed by atoms with Gasteiger partial charge in [0, 0.05) is 11.1 Å². The molecular formula is C13H14ClFN2O2. The van der Waals surface area contributed by atoms with Gasteiger partial charge in [0.25, 0.3) is 0 Å². The van der Waals surface area contributed by atoms with Crippen LogP contribution in [-0.4, -0.2) is 17.9 Å². The standard InChI is InChI=1S/C13H14ClFN2O2/c1-7(8-2-3-8)16-12(18)13(19)17-11-6-9(14)4-5-10(11)15/h4-8H,2-3H2,1H3,(H,16,18)(H,17,19)/t7-/m1/s1. The maximum absolute atomic E-state index is 13.4. The van der Waals surface area contributed by atoms with Crippen LogP contribution in [0.3, 0.4) is 0 Å². The fourth-order valence-corrected chi connectivity index (χ4v) is 1.93. The Morgan fingerprint density at radius 1 is 1.37 bits per heavy atom. The van der Waals surface area contributed by atoms with Crippen molar-refractivity contribution < 1.29 is 14.0 Å². The summed E-state index contributed by atoms with van der Waals surface area (Å²) in [5, 5.41) is 5.08. The lowest BCUT2D eigenvalue weighted by Crippen LogP contribution is -2.41. The number of nitrogens with one attached hydrogen (secondary N) is 2. The van der Waals surface area contributed by atoms with E-state index < -0.39 is 17.6 Å². The molecule has 0 saturated heterocycles. The van der Waals surface area contributed by atoms with Crippen molar-refractivity contribution in [3.8, 4) is 0 Å². The van der Waals surface area contributed by atoms with Gasteiger partial charge in [0.2, 0.25) is 0 Å². The van der Waals surface area contributed by atoms with Crippen LogP contribution >= 0.6 is 11.6 Å². The highest BCUT2D eigenvalue weighted by Crippen LogP contribution is 2.32. The van der Waals surface area contributed by atoms with E-state index in [0.29, 0.717) is 5.92 Å². The molecule has 2 N–H and O–H groups in total. The zero-order valence-corrected chi connectivity index (χ0v) is 11.1. The molecule has 1 atom stereocenters. The lowest BCUT2D eigenvalue weighted by atomic mass is 10.2. The molecule has 6 heteroatoms. The summed E-state index contributed by atoms with van der Waals surface area (Å²) in [6.07, 6.45) is 2.12. The van der Waals surface area contributed by atoms with E-state index in [1.54, 1.807) is 0 Å². The number of amides is 2. The molecule has 2 amide bonds. The third-order valence-corrected chi connectivity index (χ3v) is 3.31. The molecule has 0 radical (unpaired) electrons. The van der Waals surface area contributed by atoms with E-state index in [1.807, 2.05) is 6.92 Å². The van der Waals surface area contributed by atoms with Crippen LogP contribution in [-0.2, 0) is 9.59 Å². The van der Waals surface area contributed by atoms with Crippen molar-refractivity contribution in [3.05, 3.63) is 29.0 Å². The Kier molecular flexibility index (Phi) is 4.04. The Morgan fingerprint density at radius 2 is 2.05 bits per heavy atom. The van der Waals surface area contributed by atoms with E-state index in [-0.39, 0.29) is 16.8 Å². The zero-order valence-electron chi connectivity index (χ0n) is 10.4. The van der Waals surface area contributed by atoms with E-state index in [9.17, 15) is 14.0 Å². The van der Waals surface area contributed by atoms with Crippen molar-refractivity contribution in [2.75, 3.05) is 5.32 Å². The van der Waals surface area contributed by atoms with E-state index >= 15 is 0 Å². The molecule has 0 unspecified atom stereocenters. The van der Waals surface area contributed by atoms with Crippen LogP contribution in [0.15, 0.2) is 18.2 Å². The zero-order chi connectivity index (χ0) is 14.0. The summed E-state index contributed by atoms with van der Waals surface area (Å²) in [6, 6.07) is 3.71. The van der Waals surface area contributed by atoms with E-state index in [0.717, 1.165) is 18.9 Å². The Morgan fingerprint density at radius 3 is 2.68 bits per heavy atom. The maximum Gasteiger partial charge on any atom is 0.313 e. The van der Waals surface area contributed by atoms with Crippen LogP contribution in [0.2, 0.25) is 5.02 Å². The van der Waals surface area contributed by atoms with Crippen molar-refractivity contribution in [2.45, 2.75) is 25.8 Å². The highest BCUT2D eigenvalue weighted by molar-refractivity contribution is 6.40. The average Bonchev–Trinajstić information content (AvgIpc) is 3.17. The van der Waals surface area contributed by atoms with E-state index in [1.165, 1.54) is 12.1 Å². The molecule has 0 heterocycles. The van der Waals surface area contributed by atoms with Gasteiger partial charge in [0.15, 0.2) is 0 Å². The molecule has 1 fully saturated rings. The van der Waals surface area contributed by atoms with Gasteiger partial charge >= 0.3 is 11.8 Å². The van der Waals surface area contributed by atoms with Crippen molar-refractivity contribution in [1.82, 2.24) is 5.32 Å². The highest BCUT2D eigenvalue weighted by Gasteiger charge is 2.30. The van der Waals surface area contributed by atoms with Gasteiger partial charge in [-0.2, -0.15) is 0 Å². The fourth-order valence-electron chi connectivity index (χ4n) is 1.76. The van der Waals surface area contributed by atoms with E-state index in [2.05, 4.69) is 10.6 Å². The molecule has 1 aromatic carbocycles. The van der Waals surface area contributed by atoms with Gasteiger partial charge < -0.3 is 10.6 Å². The second kappa shape index (κ2) is 5.57. The van der Waals surface area contributed by atoms with Gasteiger partial charge in [-0.15, -0.1) is 0 Å². The topological polar surface area (TPSA) is 58.2 Å². The predicted molar refractivity (Wildman–Crippen MR) is 70.4 cm³/mol. The van der Waals surface area contributed by atoms with Gasteiger partial charge in [0.1, 0.15) is 5.82 Å². The van der Waals surface area contributed by atoms with Crippen LogP contribution in [0.4, 0.5) is 10.1 Å². The van der Waals surface area contributed by atoms with Crippen molar-refractivity contribution in [2.24, 2.45) is 5.92 Å². The first kappa shape index (κ1) is 13.8. The van der Waals surface area contributed by atoms with Gasteiger partial charge in [-0.1, -0.05) is 11.6 Å². The lowest BCUT2D eigenvalue weighted by molar-refractivity contribution is -0.136. The molecule has 19 heavy (non-hydrogen) atoms. The van der Waals surface area contributed by atoms with Crippen molar-refractivity contribution >= 4 is 29.1 Å². The fraction of sp³-hybridized carbons (Fsp3) is 0.385. The number of benzene rings is 1. The Labute approximate surface area is 115 Å². The first-order valence-electron chi connectivity index (χ1n) is 6.04. The quantitative estimate of drug-likeness (QED) is 0.837. The molecule has 0 bridgehead atoms. The van der Waals surface area contributed by atoms with Gasteiger partial charge in [-0.25, -0.2) is 4.39 Å². The smallest absolute Gasteiger partial charge is 0.313 e. The normalized spacial score (nSPS) is 15.7. The number of carbonyl (C=O) groups excluding carboxylic acids is 2. The first-order chi connectivity index (χ1) is 8.97. The number of hydrogen-bond acceptors (Lipinski definition) is 2. The summed E-state index contributed by atoms with van der Waals surface area (Å²) >= 11 is 5.70. The summed E-state index contributed by atoms with van der Waals surface area (Å²) in [7, 11) is 0. The first-order valence-corrected chi connectivity index (χ1v) is 6.42. The number of hydrogen-bond donors (Lipinski definition) is 2. The molecule has 2 rings (SSSR count). The van der Waals surface area contributed by atoms with Gasteiger partial charge in [-0.05, 0) is 43.9 Å². The molecule has 1 aliphatic rings. The van der Waals surface area contributed by atoms with Crippen LogP contribution in [0.5, 0.6) is 0 Å². The van der Waals surface area contributed by atoms with Crippen LogP contribution in [0.1, 0.15) is 19.8 Å². The molecule has 4 nitrogen and oxygen atoms in total. The Bertz CT molecular complexity index is 517. The lowest BCUT2D eigenvalue weighted by Gasteiger charge is -2.12. The Balaban J connectivity index is 1.95. The van der Waals surface area contributed by atoms with Gasteiger partial charge in [-0.3, -0.25) is 9.59 Å². The molecule has 0 aliphatic heterocycles. The third-order valence-electron chi connectivity index (χ3n) is 3.07. The molecule has 0 spiro atoms. The van der Waals surface area contributed by atoms with Crippen molar-refractivity contribution in [1.29, 1.82) is 0 Å². The monoisotopic (exact) mass is 284 g/mol. The van der Waals surface area contributed by atoms with Crippen LogP contribution in [0.25, 0.3) is 0 Å². The van der Waals surface area contributed by atoms with Gasteiger partial charge in [0.05, 0.1) is 5.69 Å². The third kappa shape index (κ3) is 3.67. The summed E-state index contributed by atoms with van der Waals surface area (Å²) in [5.41, 5.74) is -0.105. The summed E-state index contributed by atoms with van der Waals surface area (Å²) in [4.78, 5) is 23.2. The SMILES string of the molecule is C[C@@H](NC(=O)C(=O)Nc1cc(Cl)ccc1F)C1CC1. The minimum Gasteiger partial charge on any atom is -0.345 e. The minimum absolute atomic E-state index is 0.0394. The second-order valence-electron chi connectivity index (χ2n) is 4.68. The van der Waals surface area contributed by atoms with Crippen LogP contribution in [0, 0.1) is 11.7 Å². The van der Waals surface area contributed by atoms with E-state index in [4.69, 9.17) is 11.6 Å². The highest BCUT2D eigenvalue weighted by atomic mass is 35.5. The predicted octanol–water partition coefficient (Wildman–Crippen LogP) is 2.33. The molecule has 102 valence electrons. The molecule has 1 saturated carbocycles. The summed E-state index contributed by atoms with van der Waals surface area (Å²) in [5.74, 6) is -1.85. The number of carbonyl (C=O) groups is 2. The maximum atomic E-state index is 13.4. The number of rotatable bonds is 3. The number of anilines is 1. The van der Waals surface area contributed by atoms with Crippen LogP contribution < -0.4 is 10.6 Å². The summed E-state index contributed by atoms with van der Waals surface area (Å²) < 4.78 is 13.4. The minimum atomic E-state index is -0.895.